The van der Waals surface area contributed by atoms with Crippen molar-refractivity contribution < 1.29 is 0 Å². The first-order chi connectivity index (χ1) is 13.2. The maximum Gasteiger partial charge on any atom is 0.00720 e. The fourth-order valence-electron chi connectivity index (χ4n) is 3.14. The molecule has 0 aromatic heterocycles. The summed E-state index contributed by atoms with van der Waals surface area (Å²) >= 11 is 8.27. The molecule has 0 heterocycles. The molecule has 0 aliphatic heterocycles. The summed E-state index contributed by atoms with van der Waals surface area (Å²) in [5.74, 6) is 1.13. The van der Waals surface area contributed by atoms with Gasteiger partial charge in [0.1, 0.15) is 0 Å². The van der Waals surface area contributed by atoms with Crippen molar-refractivity contribution >= 4 is 29.6 Å². The smallest absolute Gasteiger partial charge is 0.00720 e. The van der Waals surface area contributed by atoms with E-state index < -0.39 is 6.04 Å². The van der Waals surface area contributed by atoms with Crippen molar-refractivity contribution in [2.75, 3.05) is 24.2 Å². The molecule has 3 aromatic rings. The average Bonchev–Trinajstić information content (AvgIpc) is 2.73. The highest BCUT2D eigenvalue weighted by molar-refractivity contribution is 8.15. The number of hydrogen-bond donors (Lipinski definition) is 0. The summed E-state index contributed by atoms with van der Waals surface area (Å²) in [7, 11) is 0. The van der Waals surface area contributed by atoms with Gasteiger partial charge >= 0.3 is 0 Å². The molecule has 27 heavy (non-hydrogen) atoms. The summed E-state index contributed by atoms with van der Waals surface area (Å²) in [6, 6.07) is 31.0. The van der Waals surface area contributed by atoms with Crippen molar-refractivity contribution in [1.82, 2.24) is 0 Å². The molecular weight excluding hydrogens is 383 g/mol. The van der Waals surface area contributed by atoms with Gasteiger partial charge in [0.2, 0.25) is 0 Å². The average molecular weight is 411 g/mol. The minimum Gasteiger partial charge on any atom is -0.126 e. The van der Waals surface area contributed by atoms with Crippen LogP contribution >= 0.6 is 17.8 Å². The minimum atomic E-state index is -1.37. The Morgan fingerprint density at radius 3 is 1.52 bits per heavy atom. The van der Waals surface area contributed by atoms with E-state index in [1.807, 2.05) is 11.8 Å². The van der Waals surface area contributed by atoms with Crippen LogP contribution in [0.3, 0.4) is 0 Å². The van der Waals surface area contributed by atoms with Gasteiger partial charge in [-0.1, -0.05) is 90.7 Å². The second-order valence-corrected chi connectivity index (χ2v) is 13.8. The van der Waals surface area contributed by atoms with E-state index in [1.54, 1.807) is 0 Å². The predicted octanol–water partition coefficient (Wildman–Crippen LogP) is 6.74. The highest BCUT2D eigenvalue weighted by Crippen LogP contribution is 2.47. The van der Waals surface area contributed by atoms with Gasteiger partial charge in [0, 0.05) is 10.6 Å². The van der Waals surface area contributed by atoms with E-state index in [9.17, 15) is 0 Å². The molecule has 0 fully saturated rings. The van der Waals surface area contributed by atoms with E-state index in [0.717, 1.165) is 18.6 Å². The zero-order valence-electron chi connectivity index (χ0n) is 15.7. The molecule has 3 heteroatoms. The zero-order valence-corrected chi connectivity index (χ0v) is 18.2. The second kappa shape index (κ2) is 10.9. The minimum absolute atomic E-state index is 1.11. The number of thioether (sulfide) groups is 1. The third-order valence-corrected chi connectivity index (χ3v) is 10.9. The van der Waals surface area contributed by atoms with Gasteiger partial charge < -0.3 is 0 Å². The van der Waals surface area contributed by atoms with E-state index in [4.69, 9.17) is 11.8 Å². The summed E-state index contributed by atoms with van der Waals surface area (Å²) in [6.07, 6.45) is 5.76. The molecule has 3 rings (SSSR count). The summed E-state index contributed by atoms with van der Waals surface area (Å²) in [4.78, 5) is 1.35. The summed E-state index contributed by atoms with van der Waals surface area (Å²) in [5.41, 5.74) is 2.84. The maximum atomic E-state index is 6.31. The molecule has 0 unspecified atom stereocenters. The fraction of sp³-hybridized carbons (Fsp3) is 0.250. The Morgan fingerprint density at radius 1 is 0.593 bits per heavy atom. The Labute approximate surface area is 173 Å². The Balaban J connectivity index is 1.60. The van der Waals surface area contributed by atoms with Gasteiger partial charge in [-0.3, -0.25) is 0 Å². The Morgan fingerprint density at radius 2 is 1.04 bits per heavy atom. The lowest BCUT2D eigenvalue weighted by Gasteiger charge is -2.22. The molecule has 0 spiro atoms. The molecule has 0 aliphatic carbocycles. The molecule has 140 valence electrons. The molecule has 0 amide bonds. The predicted molar refractivity (Wildman–Crippen MR) is 126 cm³/mol. The lowest BCUT2D eigenvalue weighted by molar-refractivity contribution is 1.09. The van der Waals surface area contributed by atoms with Gasteiger partial charge in [-0.15, -0.1) is 11.8 Å². The molecule has 0 bridgehead atoms. The number of hydrogen-bond acceptors (Lipinski definition) is 2. The van der Waals surface area contributed by atoms with Crippen LogP contribution < -0.4 is 0 Å². The Bertz CT molecular complexity index is 785. The molecule has 0 nitrogen and oxygen atoms in total. The number of rotatable bonds is 10. The van der Waals surface area contributed by atoms with E-state index in [2.05, 4.69) is 91.0 Å². The fourth-order valence-corrected chi connectivity index (χ4v) is 8.64. The van der Waals surface area contributed by atoms with Crippen molar-refractivity contribution in [1.29, 1.82) is 0 Å². The van der Waals surface area contributed by atoms with Gasteiger partial charge in [-0.05, 0) is 60.6 Å². The molecular formula is C24H27PS2. The van der Waals surface area contributed by atoms with Crippen molar-refractivity contribution in [2.45, 2.75) is 17.7 Å². The third kappa shape index (κ3) is 7.30. The van der Waals surface area contributed by atoms with Crippen molar-refractivity contribution in [3.8, 4) is 0 Å². The number of aryl methyl sites for hydroxylation is 2. The zero-order chi connectivity index (χ0) is 18.8. The Kier molecular flexibility index (Phi) is 8.20. The second-order valence-electron chi connectivity index (χ2n) is 6.86. The first kappa shape index (κ1) is 20.4. The first-order valence-electron chi connectivity index (χ1n) is 9.56. The van der Waals surface area contributed by atoms with Gasteiger partial charge in [-0.2, -0.15) is 0 Å². The standard InChI is InChI=1S/C24H27PS2/c26-25(18-16-22-10-4-1-5-11-22,19-17-23-12-6-2-7-13-23)20-21-27-24-14-8-3-9-15-24/h1-15H,16-21H2. The van der Waals surface area contributed by atoms with Gasteiger partial charge in [-0.25, -0.2) is 0 Å². The molecule has 0 N–H and O–H groups in total. The van der Waals surface area contributed by atoms with Crippen LogP contribution in [0.4, 0.5) is 0 Å². The molecule has 0 aliphatic rings. The van der Waals surface area contributed by atoms with Crippen LogP contribution in [-0.2, 0) is 24.6 Å². The van der Waals surface area contributed by atoms with Crippen LogP contribution in [0.1, 0.15) is 11.1 Å². The van der Waals surface area contributed by atoms with Crippen molar-refractivity contribution in [3.05, 3.63) is 102 Å². The molecule has 0 saturated heterocycles. The van der Waals surface area contributed by atoms with Crippen LogP contribution in [0, 0.1) is 0 Å². The SMILES string of the molecule is S=P(CCSc1ccccc1)(CCc1ccccc1)CCc1ccccc1. The van der Waals surface area contributed by atoms with Crippen LogP contribution in [-0.4, -0.2) is 24.2 Å². The van der Waals surface area contributed by atoms with Gasteiger partial charge in [0.25, 0.3) is 0 Å². The highest BCUT2D eigenvalue weighted by Gasteiger charge is 2.17. The molecule has 0 saturated carbocycles. The third-order valence-electron chi connectivity index (χ3n) is 4.81. The Hall–Kier alpha value is -1.34. The van der Waals surface area contributed by atoms with Gasteiger partial charge in [0.05, 0.1) is 0 Å². The molecule has 0 atom stereocenters. The van der Waals surface area contributed by atoms with E-state index in [0.29, 0.717) is 0 Å². The van der Waals surface area contributed by atoms with Gasteiger partial charge in [0.15, 0.2) is 0 Å². The van der Waals surface area contributed by atoms with E-state index in [1.165, 1.54) is 34.5 Å². The highest BCUT2D eigenvalue weighted by atomic mass is 32.4. The monoisotopic (exact) mass is 410 g/mol. The molecule has 0 radical (unpaired) electrons. The van der Waals surface area contributed by atoms with Crippen LogP contribution in [0.25, 0.3) is 0 Å². The van der Waals surface area contributed by atoms with Crippen LogP contribution in [0.2, 0.25) is 0 Å². The largest absolute Gasteiger partial charge is 0.126 e. The van der Waals surface area contributed by atoms with Crippen molar-refractivity contribution in [2.24, 2.45) is 0 Å². The van der Waals surface area contributed by atoms with Crippen molar-refractivity contribution in [3.63, 3.8) is 0 Å². The number of benzene rings is 3. The normalized spacial score (nSPS) is 11.4. The lowest BCUT2D eigenvalue weighted by Crippen LogP contribution is -2.06. The van der Waals surface area contributed by atoms with E-state index >= 15 is 0 Å². The topological polar surface area (TPSA) is 0 Å². The summed E-state index contributed by atoms with van der Waals surface area (Å²) in [6.45, 7) is 0. The maximum absolute atomic E-state index is 6.31. The van der Waals surface area contributed by atoms with E-state index in [-0.39, 0.29) is 0 Å². The summed E-state index contributed by atoms with van der Waals surface area (Å²) < 4.78 is 0. The molecule has 3 aromatic carbocycles. The first-order valence-corrected chi connectivity index (χ1v) is 13.9. The quantitative estimate of drug-likeness (QED) is 0.268. The van der Waals surface area contributed by atoms with Crippen LogP contribution in [0.15, 0.2) is 95.9 Å². The summed E-state index contributed by atoms with van der Waals surface area (Å²) in [5, 5.41) is 0. The van der Waals surface area contributed by atoms with Crippen LogP contribution in [0.5, 0.6) is 0 Å². The lowest BCUT2D eigenvalue weighted by atomic mass is 10.2.